The van der Waals surface area contributed by atoms with Crippen molar-refractivity contribution in [3.63, 3.8) is 0 Å². The van der Waals surface area contributed by atoms with Crippen LogP contribution < -0.4 is 0 Å². The van der Waals surface area contributed by atoms with Gasteiger partial charge in [0.1, 0.15) is 11.5 Å². The van der Waals surface area contributed by atoms with Crippen LogP contribution in [0.25, 0.3) is 11.4 Å². The number of hydrogen-bond acceptors (Lipinski definition) is 3. The molecule has 1 saturated heterocycles. The number of aliphatic hydroxyl groups is 1. The molecule has 1 aliphatic rings. The van der Waals surface area contributed by atoms with E-state index in [-0.39, 0.29) is 6.54 Å². The molecule has 1 aromatic carbocycles. The topological polar surface area (TPSA) is 52.1 Å². The zero-order valence-electron chi connectivity index (χ0n) is 11.9. The highest BCUT2D eigenvalue weighted by Crippen LogP contribution is 2.26. The van der Waals surface area contributed by atoms with Crippen molar-refractivity contribution in [1.82, 2.24) is 14.9 Å². The van der Waals surface area contributed by atoms with Crippen LogP contribution in [0, 0.1) is 0 Å². The van der Waals surface area contributed by atoms with Gasteiger partial charge in [0.25, 0.3) is 0 Å². The largest absolute Gasteiger partial charge is 0.393 e. The minimum absolute atomic E-state index is 0.281. The molecule has 1 atom stereocenters. The number of nitrogens with one attached hydrogen (secondary N) is 1. The lowest BCUT2D eigenvalue weighted by Gasteiger charge is -2.35. The smallest absolute Gasteiger partial charge is 0.146 e. The monoisotopic (exact) mass is 289 g/mol. The van der Waals surface area contributed by atoms with Crippen LogP contribution in [0.4, 0.5) is 4.39 Å². The van der Waals surface area contributed by atoms with Crippen molar-refractivity contribution in [2.24, 2.45) is 0 Å². The van der Waals surface area contributed by atoms with Crippen molar-refractivity contribution in [3.8, 4) is 11.4 Å². The van der Waals surface area contributed by atoms with E-state index in [9.17, 15) is 4.39 Å². The van der Waals surface area contributed by atoms with Crippen LogP contribution in [0.3, 0.4) is 0 Å². The van der Waals surface area contributed by atoms with E-state index in [0.717, 1.165) is 30.0 Å². The summed E-state index contributed by atoms with van der Waals surface area (Å²) in [5.74, 6) is 0.830. The van der Waals surface area contributed by atoms with Crippen LogP contribution in [0.2, 0.25) is 0 Å². The van der Waals surface area contributed by atoms with E-state index in [1.807, 2.05) is 35.2 Å². The van der Waals surface area contributed by atoms with Gasteiger partial charge in [0.15, 0.2) is 0 Å². The van der Waals surface area contributed by atoms with Crippen LogP contribution in [-0.2, 0) is 6.54 Å². The van der Waals surface area contributed by atoms with Gasteiger partial charge in [-0.05, 0) is 19.4 Å². The summed E-state index contributed by atoms with van der Waals surface area (Å²) in [7, 11) is 0. The first-order chi connectivity index (χ1) is 10.2. The Kier molecular flexibility index (Phi) is 4.03. The quantitative estimate of drug-likeness (QED) is 0.908. The molecule has 3 rings (SSSR count). The molecule has 112 valence electrons. The van der Waals surface area contributed by atoms with E-state index in [0.29, 0.717) is 13.0 Å². The van der Waals surface area contributed by atoms with Gasteiger partial charge in [-0.1, -0.05) is 30.3 Å². The number of nitrogens with zero attached hydrogens (tertiary/aromatic N) is 2. The van der Waals surface area contributed by atoms with Gasteiger partial charge in [0.05, 0.1) is 6.61 Å². The highest BCUT2D eigenvalue weighted by Gasteiger charge is 2.34. The lowest BCUT2D eigenvalue weighted by molar-refractivity contribution is -0.00416. The zero-order chi connectivity index (χ0) is 14.7. The van der Waals surface area contributed by atoms with E-state index in [4.69, 9.17) is 5.11 Å². The van der Waals surface area contributed by atoms with E-state index < -0.39 is 12.3 Å². The Morgan fingerprint density at radius 1 is 1.33 bits per heavy atom. The van der Waals surface area contributed by atoms with Gasteiger partial charge in [0.2, 0.25) is 0 Å². The molecule has 0 aliphatic carbocycles. The molecule has 1 fully saturated rings. The minimum Gasteiger partial charge on any atom is -0.393 e. The van der Waals surface area contributed by atoms with Gasteiger partial charge in [-0.2, -0.15) is 0 Å². The summed E-state index contributed by atoms with van der Waals surface area (Å²) in [6.45, 7) is 1.36. The van der Waals surface area contributed by atoms with Crippen molar-refractivity contribution in [2.75, 3.05) is 19.7 Å². The molecule has 0 saturated carbocycles. The molecule has 0 amide bonds. The molecular formula is C16H20FN3O. The first kappa shape index (κ1) is 14.2. The Balaban J connectivity index is 1.67. The van der Waals surface area contributed by atoms with Crippen molar-refractivity contribution < 1.29 is 9.50 Å². The molecule has 21 heavy (non-hydrogen) atoms. The van der Waals surface area contributed by atoms with Crippen LogP contribution >= 0.6 is 0 Å². The molecule has 2 aromatic rings. The molecule has 4 nitrogen and oxygen atoms in total. The predicted molar refractivity (Wildman–Crippen MR) is 79.5 cm³/mol. The van der Waals surface area contributed by atoms with Gasteiger partial charge in [-0.25, -0.2) is 9.37 Å². The first-order valence-corrected chi connectivity index (χ1v) is 7.30. The van der Waals surface area contributed by atoms with Crippen LogP contribution in [0.5, 0.6) is 0 Å². The number of likely N-dealkylation sites (tertiary alicyclic amines) is 1. The molecule has 0 spiro atoms. The van der Waals surface area contributed by atoms with Crippen molar-refractivity contribution in [2.45, 2.75) is 25.1 Å². The Morgan fingerprint density at radius 2 is 2.14 bits per heavy atom. The highest BCUT2D eigenvalue weighted by atomic mass is 19.1. The van der Waals surface area contributed by atoms with E-state index in [1.165, 1.54) is 0 Å². The zero-order valence-corrected chi connectivity index (χ0v) is 11.9. The molecular weight excluding hydrogens is 269 g/mol. The van der Waals surface area contributed by atoms with Crippen LogP contribution in [0.15, 0.2) is 36.5 Å². The molecule has 1 aliphatic heterocycles. The first-order valence-electron chi connectivity index (χ1n) is 7.30. The maximum absolute atomic E-state index is 14.2. The fraction of sp³-hybridized carbons (Fsp3) is 0.438. The van der Waals surface area contributed by atoms with Gasteiger partial charge >= 0.3 is 0 Å². The van der Waals surface area contributed by atoms with E-state index in [2.05, 4.69) is 9.97 Å². The summed E-state index contributed by atoms with van der Waals surface area (Å²) >= 11 is 0. The Labute approximate surface area is 123 Å². The summed E-state index contributed by atoms with van der Waals surface area (Å²) in [6.07, 6.45) is 3.02. The second-order valence-corrected chi connectivity index (χ2v) is 5.75. The van der Waals surface area contributed by atoms with Crippen molar-refractivity contribution >= 4 is 0 Å². The third kappa shape index (κ3) is 3.31. The number of aliphatic hydroxyl groups excluding tert-OH is 1. The lowest BCUT2D eigenvalue weighted by atomic mass is 9.95. The fourth-order valence-corrected chi connectivity index (χ4v) is 2.87. The number of halogens is 1. The lowest BCUT2D eigenvalue weighted by Crippen LogP contribution is -2.47. The van der Waals surface area contributed by atoms with Crippen molar-refractivity contribution in [1.29, 1.82) is 0 Å². The minimum atomic E-state index is -1.46. The second kappa shape index (κ2) is 5.95. The molecule has 2 N–H and O–H groups in total. The number of alkyl halides is 1. The number of aromatic nitrogens is 2. The number of aromatic amines is 1. The third-order valence-corrected chi connectivity index (χ3v) is 3.96. The number of H-pyrrole nitrogens is 1. The van der Waals surface area contributed by atoms with Crippen LogP contribution in [0.1, 0.15) is 18.5 Å². The maximum atomic E-state index is 14.2. The van der Waals surface area contributed by atoms with Gasteiger partial charge in [0, 0.05) is 30.5 Å². The van der Waals surface area contributed by atoms with Gasteiger partial charge < -0.3 is 10.1 Å². The molecule has 0 bridgehead atoms. The molecule has 2 heterocycles. The SMILES string of the molecule is OCC1(F)CCCN(Cc2cnc(-c3ccccc3)[nH]2)C1. The summed E-state index contributed by atoms with van der Waals surface area (Å²) in [4.78, 5) is 9.70. The van der Waals surface area contributed by atoms with Gasteiger partial charge in [-0.3, -0.25) is 4.90 Å². The summed E-state index contributed by atoms with van der Waals surface area (Å²) in [6, 6.07) is 9.92. The average molecular weight is 289 g/mol. The normalized spacial score (nSPS) is 23.3. The standard InChI is InChI=1S/C16H20FN3O/c17-16(12-21)7-4-8-20(11-16)10-14-9-18-15(19-14)13-5-2-1-3-6-13/h1-3,5-6,9,21H,4,7-8,10-12H2,(H,18,19). The summed E-state index contributed by atoms with van der Waals surface area (Å²) in [5.41, 5.74) is 0.550. The molecule has 1 unspecified atom stereocenters. The molecule has 5 heteroatoms. The van der Waals surface area contributed by atoms with Gasteiger partial charge in [-0.15, -0.1) is 0 Å². The number of piperidine rings is 1. The van der Waals surface area contributed by atoms with Crippen molar-refractivity contribution in [3.05, 3.63) is 42.2 Å². The van der Waals surface area contributed by atoms with E-state index in [1.54, 1.807) is 6.20 Å². The maximum Gasteiger partial charge on any atom is 0.146 e. The van der Waals surface area contributed by atoms with Crippen LogP contribution in [-0.4, -0.2) is 45.3 Å². The Hall–Kier alpha value is -1.72. The summed E-state index contributed by atoms with van der Waals surface area (Å²) in [5, 5.41) is 9.17. The number of imidazole rings is 1. The second-order valence-electron chi connectivity index (χ2n) is 5.75. The Bertz CT molecular complexity index is 586. The Morgan fingerprint density at radius 3 is 2.90 bits per heavy atom. The summed E-state index contributed by atoms with van der Waals surface area (Å²) < 4.78 is 14.2. The number of rotatable bonds is 4. The van der Waals surface area contributed by atoms with E-state index >= 15 is 0 Å². The number of benzene rings is 1. The fourth-order valence-electron chi connectivity index (χ4n) is 2.87. The predicted octanol–water partition coefficient (Wildman–Crippen LogP) is 2.37. The molecule has 1 aromatic heterocycles. The number of hydrogen-bond donors (Lipinski definition) is 2. The highest BCUT2D eigenvalue weighted by molar-refractivity contribution is 5.54. The third-order valence-electron chi connectivity index (χ3n) is 3.96. The molecule has 0 radical (unpaired) electrons. The average Bonchev–Trinajstić information content (AvgIpc) is 2.97.